The number of nitrogen functional groups attached to an aromatic ring is 1. The molecule has 366 valence electrons. The van der Waals surface area contributed by atoms with Gasteiger partial charge in [-0.05, 0) is 97.9 Å². The smallest absolute Gasteiger partial charge is 0.330 e. The number of phenolic OH excluding ortho intramolecular Hbond substituents is 2. The Bertz CT molecular complexity index is 2760. The second-order valence-electron chi connectivity index (χ2n) is 18.7. The van der Waals surface area contributed by atoms with Crippen LogP contribution in [0.15, 0.2) is 85.2 Å². The number of piperazine rings is 1. The normalized spacial score (nSPS) is 20.2. The van der Waals surface area contributed by atoms with Gasteiger partial charge >= 0.3 is 5.97 Å². The molecule has 0 spiro atoms. The Balaban J connectivity index is 0.786. The maximum Gasteiger partial charge on any atom is 0.330 e. The number of carbonyl (C=O) groups is 5. The van der Waals surface area contributed by atoms with Crippen LogP contribution in [-0.4, -0.2) is 127 Å². The molecule has 5 N–H and O–H groups in total. The van der Waals surface area contributed by atoms with Gasteiger partial charge in [0.1, 0.15) is 41.6 Å². The van der Waals surface area contributed by atoms with E-state index in [0.717, 1.165) is 53.1 Å². The number of esters is 1. The van der Waals surface area contributed by atoms with Gasteiger partial charge in [0.05, 0.1) is 42.6 Å². The average molecular weight is 955 g/mol. The number of nitrogens with one attached hydrogen (secondary N) is 1. The summed E-state index contributed by atoms with van der Waals surface area (Å²) in [6.07, 6.45) is 7.88. The number of nitrogens with zero attached hydrogens (tertiary/aromatic N) is 8. The van der Waals surface area contributed by atoms with E-state index in [1.54, 1.807) is 90.4 Å². The molecular weight excluding hydrogens is 897 g/mol. The number of rotatable bonds is 14. The van der Waals surface area contributed by atoms with Crippen molar-refractivity contribution in [3.8, 4) is 34.2 Å². The molecule has 19 heteroatoms. The number of carbonyl (C=O) groups excluding carboxylic acids is 5. The molecule has 5 heterocycles. The fraction of sp³-hybridized carbons (Fsp3) is 0.412. The molecule has 9 rings (SSSR count). The number of nitrogens with two attached hydrogens (primary N) is 1. The SMILES string of the molecule is CC(C)C(NC(=O)CCc1ccc(O)cc1)C(=O)OCN1C(=O)CCC(N2CCOc3c(C4CCC(N5CCN(c6cnn(-c7cc(-c8ccccc8O)nnc7N)c6)C(=O)C5)CC4)cccc32)C1=O. The zero-order chi connectivity index (χ0) is 49.1. The average Bonchev–Trinajstić information content (AvgIpc) is 3.85. The third-order valence-corrected chi connectivity index (χ3v) is 13.9. The minimum absolute atomic E-state index is 0.0209. The predicted octanol–water partition coefficient (Wildman–Crippen LogP) is 4.69. The first kappa shape index (κ1) is 47.5. The maximum atomic E-state index is 14.1. The predicted molar refractivity (Wildman–Crippen MR) is 258 cm³/mol. The molecule has 0 radical (unpaired) electrons. The third kappa shape index (κ3) is 10.1. The summed E-state index contributed by atoms with van der Waals surface area (Å²) < 4.78 is 13.5. The number of benzene rings is 3. The first-order chi connectivity index (χ1) is 33.8. The van der Waals surface area contributed by atoms with Gasteiger partial charge in [-0.3, -0.25) is 24.1 Å². The summed E-state index contributed by atoms with van der Waals surface area (Å²) in [5.74, 6) is -1.03. The highest BCUT2D eigenvalue weighted by Crippen LogP contribution is 2.45. The molecule has 3 fully saturated rings. The molecule has 19 nitrogen and oxygen atoms in total. The lowest BCUT2D eigenvalue weighted by Crippen LogP contribution is -2.57. The van der Waals surface area contributed by atoms with E-state index in [1.165, 1.54) is 0 Å². The van der Waals surface area contributed by atoms with Gasteiger partial charge in [0, 0.05) is 37.5 Å². The molecule has 4 amide bonds. The number of hydrogen-bond donors (Lipinski definition) is 4. The number of ether oxygens (including phenoxy) is 2. The van der Waals surface area contributed by atoms with Crippen molar-refractivity contribution in [1.29, 1.82) is 0 Å². The van der Waals surface area contributed by atoms with E-state index in [0.29, 0.717) is 61.7 Å². The lowest BCUT2D eigenvalue weighted by atomic mass is 9.80. The van der Waals surface area contributed by atoms with Crippen LogP contribution in [0, 0.1) is 5.92 Å². The first-order valence-electron chi connectivity index (χ1n) is 23.9. The van der Waals surface area contributed by atoms with Gasteiger partial charge in [0.25, 0.3) is 5.91 Å². The van der Waals surface area contributed by atoms with Crippen LogP contribution in [0.3, 0.4) is 0 Å². The van der Waals surface area contributed by atoms with Crippen LogP contribution in [0.25, 0.3) is 16.9 Å². The van der Waals surface area contributed by atoms with Crippen molar-refractivity contribution < 1.29 is 43.7 Å². The summed E-state index contributed by atoms with van der Waals surface area (Å²) in [4.78, 5) is 74.2. The van der Waals surface area contributed by atoms with Crippen LogP contribution in [0.5, 0.6) is 17.2 Å². The van der Waals surface area contributed by atoms with Gasteiger partial charge in [-0.1, -0.05) is 50.2 Å². The van der Waals surface area contributed by atoms with Gasteiger partial charge in [-0.25, -0.2) is 14.4 Å². The lowest BCUT2D eigenvalue weighted by molar-refractivity contribution is -0.164. The highest BCUT2D eigenvalue weighted by Gasteiger charge is 2.42. The number of phenols is 2. The molecule has 3 aliphatic heterocycles. The van der Waals surface area contributed by atoms with E-state index < -0.39 is 36.6 Å². The van der Waals surface area contributed by atoms with Crippen LogP contribution in [0.4, 0.5) is 17.2 Å². The Labute approximate surface area is 405 Å². The van der Waals surface area contributed by atoms with E-state index in [1.807, 2.05) is 17.0 Å². The van der Waals surface area contributed by atoms with E-state index in [9.17, 15) is 34.2 Å². The molecule has 2 saturated heterocycles. The fourth-order valence-electron chi connectivity index (χ4n) is 10.1. The second kappa shape index (κ2) is 20.6. The molecule has 0 bridgehead atoms. The number of hydrogen-bond acceptors (Lipinski definition) is 15. The molecule has 3 aromatic carbocycles. The summed E-state index contributed by atoms with van der Waals surface area (Å²) in [5.41, 5.74) is 11.0. The molecule has 70 heavy (non-hydrogen) atoms. The topological polar surface area (TPSA) is 239 Å². The number of anilines is 3. The summed E-state index contributed by atoms with van der Waals surface area (Å²) in [6.45, 7) is 5.26. The molecule has 2 aromatic heterocycles. The minimum Gasteiger partial charge on any atom is -0.508 e. The molecule has 1 aliphatic carbocycles. The molecule has 2 atom stereocenters. The van der Waals surface area contributed by atoms with Crippen molar-refractivity contribution in [3.05, 3.63) is 96.3 Å². The van der Waals surface area contributed by atoms with Crippen molar-refractivity contribution in [1.82, 2.24) is 35.1 Å². The third-order valence-electron chi connectivity index (χ3n) is 13.9. The maximum absolute atomic E-state index is 14.1. The van der Waals surface area contributed by atoms with E-state index in [-0.39, 0.29) is 66.4 Å². The van der Waals surface area contributed by atoms with E-state index in [4.69, 9.17) is 15.2 Å². The Morgan fingerprint density at radius 1 is 0.900 bits per heavy atom. The molecular formula is C51H58N10O9. The Hall–Kier alpha value is -7.54. The number of aromatic hydroxyl groups is 2. The number of imide groups is 1. The van der Waals surface area contributed by atoms with Crippen LogP contribution < -0.4 is 25.6 Å². The highest BCUT2D eigenvalue weighted by molar-refractivity contribution is 6.02. The molecule has 4 aliphatic rings. The number of aromatic nitrogens is 4. The van der Waals surface area contributed by atoms with E-state index in [2.05, 4.69) is 31.6 Å². The molecule has 5 aromatic rings. The zero-order valence-electron chi connectivity index (χ0n) is 39.3. The number of para-hydroxylation sites is 2. The van der Waals surface area contributed by atoms with Gasteiger partial charge in [0.2, 0.25) is 17.7 Å². The number of likely N-dealkylation sites (tertiary alicyclic amines) is 1. The molecule has 2 unspecified atom stereocenters. The monoisotopic (exact) mass is 954 g/mol. The van der Waals surface area contributed by atoms with Crippen molar-refractivity contribution in [2.45, 2.75) is 89.3 Å². The van der Waals surface area contributed by atoms with Crippen molar-refractivity contribution in [2.75, 3.05) is 55.1 Å². The van der Waals surface area contributed by atoms with Crippen LogP contribution in [0.1, 0.15) is 75.8 Å². The summed E-state index contributed by atoms with van der Waals surface area (Å²) in [5, 5.41) is 35.4. The second-order valence-corrected chi connectivity index (χ2v) is 18.7. The van der Waals surface area contributed by atoms with Crippen molar-refractivity contribution in [3.63, 3.8) is 0 Å². The summed E-state index contributed by atoms with van der Waals surface area (Å²) in [7, 11) is 0. The zero-order valence-corrected chi connectivity index (χ0v) is 39.3. The number of aryl methyl sites for hydroxylation is 1. The largest absolute Gasteiger partial charge is 0.508 e. The Kier molecular flexibility index (Phi) is 14.0. The Morgan fingerprint density at radius 2 is 1.69 bits per heavy atom. The van der Waals surface area contributed by atoms with Gasteiger partial charge < -0.3 is 40.5 Å². The van der Waals surface area contributed by atoms with Crippen LogP contribution >= 0.6 is 0 Å². The first-order valence-corrected chi connectivity index (χ1v) is 23.9. The van der Waals surface area contributed by atoms with Crippen LogP contribution in [-0.2, 0) is 35.1 Å². The van der Waals surface area contributed by atoms with Gasteiger partial charge in [-0.15, -0.1) is 10.2 Å². The fourth-order valence-corrected chi connectivity index (χ4v) is 10.1. The highest BCUT2D eigenvalue weighted by atomic mass is 16.5. The van der Waals surface area contributed by atoms with Gasteiger partial charge in [-0.2, -0.15) is 5.10 Å². The van der Waals surface area contributed by atoms with Crippen molar-refractivity contribution >= 4 is 46.8 Å². The van der Waals surface area contributed by atoms with E-state index >= 15 is 0 Å². The summed E-state index contributed by atoms with van der Waals surface area (Å²) in [6, 6.07) is 19.7. The Morgan fingerprint density at radius 3 is 2.44 bits per heavy atom. The number of piperidine rings is 1. The van der Waals surface area contributed by atoms with Crippen molar-refractivity contribution in [2.24, 2.45) is 5.92 Å². The van der Waals surface area contributed by atoms with Crippen LogP contribution in [0.2, 0.25) is 0 Å². The standard InChI is InChI=1S/C51H58N10O9/c1-31(2)47(54-44(64)20-12-32-10-17-36(62)18-11-32)51(68)70-30-60-45(65)21-19-41(50(60)67)59-24-25-69-48-37(7-5-8-40(48)59)33-13-15-34(16-14-33)57-22-23-58(46(66)29-57)35-27-53-61(28-35)42-26-39(55-56-49(42)52)38-6-3-4-9-43(38)63/h3-11,17-18,26-28,31,33-34,41,47,62-63H,12-16,19-25,29-30H2,1-2H3,(H2,52,56)(H,54,64). The number of amides is 4. The molecule has 1 saturated carbocycles. The van der Waals surface area contributed by atoms with Gasteiger partial charge in [0.15, 0.2) is 12.5 Å². The number of fused-ring (bicyclic) bond motifs is 1. The lowest BCUT2D eigenvalue weighted by Gasteiger charge is -2.43. The summed E-state index contributed by atoms with van der Waals surface area (Å²) >= 11 is 0. The quantitative estimate of drug-likeness (QED) is 0.0873. The minimum atomic E-state index is -0.986.